The lowest BCUT2D eigenvalue weighted by Gasteiger charge is -2.25. The summed E-state index contributed by atoms with van der Waals surface area (Å²) in [5.74, 6) is 0.0860. The largest absolute Gasteiger partial charge is 0.376 e. The van der Waals surface area contributed by atoms with Gasteiger partial charge in [-0.2, -0.15) is 0 Å². The van der Waals surface area contributed by atoms with Crippen LogP contribution in [0.2, 0.25) is 0 Å². The quantitative estimate of drug-likeness (QED) is 0.712. The highest BCUT2D eigenvalue weighted by Crippen LogP contribution is 2.24. The number of benzene rings is 2. The number of carbonyl (C=O) groups excluding carboxylic acids is 1. The molecule has 0 spiro atoms. The highest BCUT2D eigenvalue weighted by molar-refractivity contribution is 5.95. The van der Waals surface area contributed by atoms with Crippen molar-refractivity contribution in [2.24, 2.45) is 0 Å². The Bertz CT molecular complexity index is 911. The van der Waals surface area contributed by atoms with Crippen molar-refractivity contribution in [3.63, 3.8) is 0 Å². The maximum atomic E-state index is 13.0. The summed E-state index contributed by atoms with van der Waals surface area (Å²) in [5.41, 5.74) is 4.89. The van der Waals surface area contributed by atoms with Crippen molar-refractivity contribution >= 4 is 16.9 Å². The molecule has 0 aliphatic carbocycles. The van der Waals surface area contributed by atoms with Crippen molar-refractivity contribution in [3.05, 3.63) is 54.4 Å². The molecule has 5 nitrogen and oxygen atoms in total. The molecule has 1 atom stereocenters. The number of hydrogen-bond donors (Lipinski definition) is 1. The number of hydrogen-bond acceptors (Lipinski definition) is 3. The summed E-state index contributed by atoms with van der Waals surface area (Å²) in [5, 5.41) is 0. The van der Waals surface area contributed by atoms with Gasteiger partial charge in [0.05, 0.1) is 23.5 Å². The minimum absolute atomic E-state index is 0.0860. The van der Waals surface area contributed by atoms with Crippen LogP contribution in [0.3, 0.4) is 0 Å². The molecule has 140 valence electrons. The van der Waals surface area contributed by atoms with Gasteiger partial charge in [0.15, 0.2) is 0 Å². The lowest BCUT2D eigenvalue weighted by atomic mass is 10.0. The first-order valence-corrected chi connectivity index (χ1v) is 9.69. The summed E-state index contributed by atoms with van der Waals surface area (Å²) >= 11 is 0. The number of fused-ring (bicyclic) bond motifs is 1. The minimum Gasteiger partial charge on any atom is -0.376 e. The maximum Gasteiger partial charge on any atom is 0.253 e. The third-order valence-corrected chi connectivity index (χ3v) is 5.11. The highest BCUT2D eigenvalue weighted by Gasteiger charge is 2.22. The van der Waals surface area contributed by atoms with Crippen LogP contribution in [-0.2, 0) is 4.74 Å². The fourth-order valence-electron chi connectivity index (χ4n) is 3.68. The minimum atomic E-state index is 0.0860. The standard InChI is InChI=1S/C22H25N3O2/c1-2-11-25(14-19-4-3-12-27-19)22(26)17-7-5-16(6-8-17)18-9-10-20-21(13-18)24-15-23-20/h5-10,13,15,19H,2-4,11-12,14H2,1H3,(H,23,24). The summed E-state index contributed by atoms with van der Waals surface area (Å²) < 4.78 is 5.72. The molecule has 3 aromatic rings. The predicted octanol–water partition coefficient (Wildman–Crippen LogP) is 4.26. The van der Waals surface area contributed by atoms with E-state index in [1.165, 1.54) is 0 Å². The molecule has 0 bridgehead atoms. The molecule has 27 heavy (non-hydrogen) atoms. The van der Waals surface area contributed by atoms with Crippen LogP contribution < -0.4 is 0 Å². The summed E-state index contributed by atoms with van der Waals surface area (Å²) in [4.78, 5) is 22.3. The Balaban J connectivity index is 1.51. The predicted molar refractivity (Wildman–Crippen MR) is 107 cm³/mol. The van der Waals surface area contributed by atoms with Gasteiger partial charge < -0.3 is 14.6 Å². The second-order valence-electron chi connectivity index (χ2n) is 7.10. The number of carbonyl (C=O) groups is 1. The Morgan fingerprint density at radius 1 is 1.22 bits per heavy atom. The molecule has 2 heterocycles. The lowest BCUT2D eigenvalue weighted by Crippen LogP contribution is -2.37. The van der Waals surface area contributed by atoms with Gasteiger partial charge in [0, 0.05) is 25.3 Å². The van der Waals surface area contributed by atoms with E-state index in [4.69, 9.17) is 4.74 Å². The van der Waals surface area contributed by atoms with Gasteiger partial charge in [0.2, 0.25) is 0 Å². The van der Waals surface area contributed by atoms with Gasteiger partial charge in [0.1, 0.15) is 0 Å². The molecular weight excluding hydrogens is 338 g/mol. The Morgan fingerprint density at radius 3 is 2.78 bits per heavy atom. The van der Waals surface area contributed by atoms with E-state index in [1.54, 1.807) is 6.33 Å². The number of aromatic nitrogens is 2. The van der Waals surface area contributed by atoms with Gasteiger partial charge in [-0.3, -0.25) is 4.79 Å². The summed E-state index contributed by atoms with van der Waals surface area (Å²) in [6, 6.07) is 14.0. The van der Waals surface area contributed by atoms with Gasteiger partial charge >= 0.3 is 0 Å². The smallest absolute Gasteiger partial charge is 0.253 e. The molecule has 1 saturated heterocycles. The fraction of sp³-hybridized carbons (Fsp3) is 0.364. The molecule has 1 aliphatic rings. The first kappa shape index (κ1) is 17.7. The van der Waals surface area contributed by atoms with Crippen molar-refractivity contribution in [3.8, 4) is 11.1 Å². The molecule has 1 unspecified atom stereocenters. The molecule has 5 heteroatoms. The molecule has 0 saturated carbocycles. The van der Waals surface area contributed by atoms with Gasteiger partial charge in [-0.25, -0.2) is 4.98 Å². The average Bonchev–Trinajstić information content (AvgIpc) is 3.38. The van der Waals surface area contributed by atoms with Gasteiger partial charge in [0.25, 0.3) is 5.91 Å². The summed E-state index contributed by atoms with van der Waals surface area (Å²) in [6.07, 6.45) is 4.96. The van der Waals surface area contributed by atoms with Crippen LogP contribution in [0.5, 0.6) is 0 Å². The third-order valence-electron chi connectivity index (χ3n) is 5.11. The van der Waals surface area contributed by atoms with E-state index in [0.29, 0.717) is 6.54 Å². The Morgan fingerprint density at radius 2 is 2.04 bits per heavy atom. The SMILES string of the molecule is CCCN(CC1CCCO1)C(=O)c1ccc(-c2ccc3nc[nH]c3c2)cc1. The Labute approximate surface area is 159 Å². The van der Waals surface area contributed by atoms with Crippen molar-refractivity contribution in [1.29, 1.82) is 0 Å². The van der Waals surface area contributed by atoms with Crippen LogP contribution in [0.4, 0.5) is 0 Å². The van der Waals surface area contributed by atoms with E-state index in [2.05, 4.69) is 29.0 Å². The zero-order chi connectivity index (χ0) is 18.6. The van der Waals surface area contributed by atoms with Crippen LogP contribution >= 0.6 is 0 Å². The molecule has 1 aliphatic heterocycles. The molecule has 4 rings (SSSR count). The number of amides is 1. The van der Waals surface area contributed by atoms with Crippen molar-refractivity contribution < 1.29 is 9.53 Å². The number of nitrogens with one attached hydrogen (secondary N) is 1. The number of ether oxygens (including phenoxy) is 1. The molecule has 1 aromatic heterocycles. The maximum absolute atomic E-state index is 13.0. The van der Waals surface area contributed by atoms with Crippen LogP contribution in [0.1, 0.15) is 36.5 Å². The Hall–Kier alpha value is -2.66. The van der Waals surface area contributed by atoms with E-state index in [0.717, 1.165) is 60.1 Å². The van der Waals surface area contributed by atoms with E-state index < -0.39 is 0 Å². The van der Waals surface area contributed by atoms with Gasteiger partial charge in [-0.1, -0.05) is 25.1 Å². The molecule has 1 amide bonds. The number of nitrogens with zero attached hydrogens (tertiary/aromatic N) is 2. The van der Waals surface area contributed by atoms with E-state index >= 15 is 0 Å². The first-order chi connectivity index (χ1) is 13.2. The second-order valence-corrected chi connectivity index (χ2v) is 7.10. The monoisotopic (exact) mass is 363 g/mol. The zero-order valence-corrected chi connectivity index (χ0v) is 15.6. The topological polar surface area (TPSA) is 58.2 Å². The molecule has 1 N–H and O–H groups in total. The first-order valence-electron chi connectivity index (χ1n) is 9.69. The van der Waals surface area contributed by atoms with E-state index in [1.807, 2.05) is 35.2 Å². The highest BCUT2D eigenvalue weighted by atomic mass is 16.5. The van der Waals surface area contributed by atoms with Crippen molar-refractivity contribution in [1.82, 2.24) is 14.9 Å². The Kier molecular flexibility index (Phi) is 5.21. The van der Waals surface area contributed by atoms with Gasteiger partial charge in [-0.15, -0.1) is 0 Å². The number of aromatic amines is 1. The van der Waals surface area contributed by atoms with E-state index in [-0.39, 0.29) is 12.0 Å². The summed E-state index contributed by atoms with van der Waals surface area (Å²) in [7, 11) is 0. The fourth-order valence-corrected chi connectivity index (χ4v) is 3.68. The van der Waals surface area contributed by atoms with Crippen molar-refractivity contribution in [2.75, 3.05) is 19.7 Å². The van der Waals surface area contributed by atoms with Crippen LogP contribution in [-0.4, -0.2) is 46.6 Å². The molecule has 0 radical (unpaired) electrons. The van der Waals surface area contributed by atoms with Gasteiger partial charge in [-0.05, 0) is 54.7 Å². The second kappa shape index (κ2) is 7.92. The molecular formula is C22H25N3O2. The third kappa shape index (κ3) is 3.88. The average molecular weight is 363 g/mol. The normalized spacial score (nSPS) is 16.7. The van der Waals surface area contributed by atoms with Crippen molar-refractivity contribution in [2.45, 2.75) is 32.3 Å². The molecule has 1 fully saturated rings. The van der Waals surface area contributed by atoms with Crippen LogP contribution in [0, 0.1) is 0 Å². The van der Waals surface area contributed by atoms with Crippen LogP contribution in [0.15, 0.2) is 48.8 Å². The van der Waals surface area contributed by atoms with Crippen LogP contribution in [0.25, 0.3) is 22.2 Å². The number of rotatable bonds is 6. The zero-order valence-electron chi connectivity index (χ0n) is 15.6. The summed E-state index contributed by atoms with van der Waals surface area (Å²) in [6.45, 7) is 4.36. The number of imidazole rings is 1. The van der Waals surface area contributed by atoms with E-state index in [9.17, 15) is 4.79 Å². The number of H-pyrrole nitrogens is 1. The molecule has 2 aromatic carbocycles. The lowest BCUT2D eigenvalue weighted by molar-refractivity contribution is 0.0526.